The van der Waals surface area contributed by atoms with Crippen LogP contribution in [0.15, 0.2) is 4.99 Å². The number of ether oxygens (including phenoxy) is 1. The zero-order chi connectivity index (χ0) is 12.3. The molecule has 5 heteroatoms. The molecule has 96 valence electrons. The van der Waals surface area contributed by atoms with Gasteiger partial charge in [0, 0.05) is 19.8 Å². The number of nitrogens with one attached hydrogen (secondary N) is 2. The Hall–Kier alpha value is -1.10. The first-order valence-electron chi connectivity index (χ1n) is 6.36. The lowest BCUT2D eigenvalue weighted by atomic mass is 9.92. The van der Waals surface area contributed by atoms with Crippen LogP contribution in [-0.2, 0) is 9.53 Å². The van der Waals surface area contributed by atoms with Gasteiger partial charge in [0.05, 0.1) is 0 Å². The molecule has 2 aliphatic heterocycles. The third-order valence-electron chi connectivity index (χ3n) is 3.17. The molecule has 2 fully saturated rings. The van der Waals surface area contributed by atoms with E-state index >= 15 is 0 Å². The monoisotopic (exact) mass is 239 g/mol. The van der Waals surface area contributed by atoms with Gasteiger partial charge in [0.15, 0.2) is 5.96 Å². The maximum atomic E-state index is 11.8. The van der Waals surface area contributed by atoms with E-state index in [-0.39, 0.29) is 11.9 Å². The van der Waals surface area contributed by atoms with Crippen LogP contribution in [0.3, 0.4) is 0 Å². The molecule has 0 radical (unpaired) electrons. The zero-order valence-corrected chi connectivity index (χ0v) is 10.5. The minimum atomic E-state index is -0.121. The number of hydrogen-bond acceptors (Lipinski definition) is 3. The lowest BCUT2D eigenvalue weighted by molar-refractivity contribution is -0.122. The van der Waals surface area contributed by atoms with E-state index in [2.05, 4.69) is 29.5 Å². The van der Waals surface area contributed by atoms with E-state index in [1.165, 1.54) is 0 Å². The first kappa shape index (κ1) is 12.4. The summed E-state index contributed by atoms with van der Waals surface area (Å²) in [7, 11) is 0. The maximum Gasteiger partial charge on any atom is 0.249 e. The van der Waals surface area contributed by atoms with E-state index in [9.17, 15) is 4.79 Å². The molecule has 0 saturated carbocycles. The second kappa shape index (κ2) is 5.49. The molecule has 2 rings (SSSR count). The van der Waals surface area contributed by atoms with E-state index in [1.807, 2.05) is 0 Å². The first-order chi connectivity index (χ1) is 8.16. The number of nitrogens with zero attached hydrogens (tertiary/aromatic N) is 1. The second-order valence-corrected chi connectivity index (χ2v) is 5.14. The van der Waals surface area contributed by atoms with Crippen molar-refractivity contribution in [2.45, 2.75) is 32.7 Å². The molecule has 1 atom stereocenters. The van der Waals surface area contributed by atoms with Gasteiger partial charge in [0.2, 0.25) is 5.91 Å². The van der Waals surface area contributed by atoms with Gasteiger partial charge in [-0.3, -0.25) is 15.1 Å². The van der Waals surface area contributed by atoms with Crippen molar-refractivity contribution >= 4 is 11.9 Å². The minimum Gasteiger partial charge on any atom is -0.381 e. The SMILES string of the molecule is CC(C)CN=C1NC(=O)C(C2CCOCC2)N1. The molecule has 1 unspecified atom stereocenters. The molecule has 2 saturated heterocycles. The van der Waals surface area contributed by atoms with Crippen LogP contribution in [0, 0.1) is 11.8 Å². The Labute approximate surface area is 102 Å². The normalized spacial score (nSPS) is 28.5. The topological polar surface area (TPSA) is 62.7 Å². The van der Waals surface area contributed by atoms with Gasteiger partial charge in [-0.15, -0.1) is 0 Å². The smallest absolute Gasteiger partial charge is 0.249 e. The fraction of sp³-hybridized carbons (Fsp3) is 0.833. The fourth-order valence-electron chi connectivity index (χ4n) is 2.18. The van der Waals surface area contributed by atoms with Crippen molar-refractivity contribution in [3.63, 3.8) is 0 Å². The van der Waals surface area contributed by atoms with Gasteiger partial charge in [0.1, 0.15) is 6.04 Å². The zero-order valence-electron chi connectivity index (χ0n) is 10.5. The average molecular weight is 239 g/mol. The van der Waals surface area contributed by atoms with E-state index in [4.69, 9.17) is 4.74 Å². The van der Waals surface area contributed by atoms with Crippen LogP contribution in [0.25, 0.3) is 0 Å². The van der Waals surface area contributed by atoms with E-state index in [1.54, 1.807) is 0 Å². The van der Waals surface area contributed by atoms with Crippen molar-refractivity contribution < 1.29 is 9.53 Å². The summed E-state index contributed by atoms with van der Waals surface area (Å²) in [6.07, 6.45) is 1.89. The number of amides is 1. The third kappa shape index (κ3) is 3.19. The van der Waals surface area contributed by atoms with E-state index in [0.717, 1.165) is 32.6 Å². The molecular formula is C12H21N3O2. The summed E-state index contributed by atoms with van der Waals surface area (Å²) < 4.78 is 5.31. The molecule has 0 aromatic rings. The highest BCUT2D eigenvalue weighted by molar-refractivity contribution is 6.06. The fourth-order valence-corrected chi connectivity index (χ4v) is 2.18. The van der Waals surface area contributed by atoms with Gasteiger partial charge in [-0.1, -0.05) is 13.8 Å². The molecule has 2 N–H and O–H groups in total. The highest BCUT2D eigenvalue weighted by Crippen LogP contribution is 2.20. The predicted molar refractivity (Wildman–Crippen MR) is 65.7 cm³/mol. The summed E-state index contributed by atoms with van der Waals surface area (Å²) in [5, 5.41) is 6.02. The number of hydrogen-bond donors (Lipinski definition) is 2. The number of carbonyl (C=O) groups is 1. The van der Waals surface area contributed by atoms with Crippen molar-refractivity contribution in [3.8, 4) is 0 Å². The number of aliphatic imine (C=N–C) groups is 1. The molecule has 0 aromatic heterocycles. The number of carbonyl (C=O) groups excluding carboxylic acids is 1. The highest BCUT2D eigenvalue weighted by atomic mass is 16.5. The standard InChI is InChI=1S/C12H21N3O2/c1-8(2)7-13-12-14-10(11(16)15-12)9-3-5-17-6-4-9/h8-10H,3-7H2,1-2H3,(H2,13,14,15,16). The molecule has 1 amide bonds. The Kier molecular flexibility index (Phi) is 3.99. The van der Waals surface area contributed by atoms with E-state index in [0.29, 0.717) is 17.8 Å². The molecule has 2 aliphatic rings. The molecular weight excluding hydrogens is 218 g/mol. The number of rotatable bonds is 3. The Morgan fingerprint density at radius 1 is 1.41 bits per heavy atom. The summed E-state index contributed by atoms with van der Waals surface area (Å²) >= 11 is 0. The van der Waals surface area contributed by atoms with Crippen molar-refractivity contribution in [2.75, 3.05) is 19.8 Å². The Morgan fingerprint density at radius 3 is 2.76 bits per heavy atom. The minimum absolute atomic E-state index is 0.0550. The highest BCUT2D eigenvalue weighted by Gasteiger charge is 2.35. The molecule has 0 bridgehead atoms. The van der Waals surface area contributed by atoms with Gasteiger partial charge >= 0.3 is 0 Å². The largest absolute Gasteiger partial charge is 0.381 e. The molecule has 5 nitrogen and oxygen atoms in total. The second-order valence-electron chi connectivity index (χ2n) is 5.14. The Morgan fingerprint density at radius 2 is 2.12 bits per heavy atom. The van der Waals surface area contributed by atoms with Crippen LogP contribution < -0.4 is 10.6 Å². The summed E-state index contributed by atoms with van der Waals surface area (Å²) in [4.78, 5) is 16.2. The van der Waals surface area contributed by atoms with Gasteiger partial charge in [-0.05, 0) is 24.7 Å². The van der Waals surface area contributed by atoms with Gasteiger partial charge in [-0.25, -0.2) is 0 Å². The predicted octanol–water partition coefficient (Wildman–Crippen LogP) is 0.513. The Bertz CT molecular complexity index is 309. The van der Waals surface area contributed by atoms with Gasteiger partial charge < -0.3 is 10.1 Å². The van der Waals surface area contributed by atoms with Crippen LogP contribution in [-0.4, -0.2) is 37.7 Å². The maximum absolute atomic E-state index is 11.8. The molecule has 2 heterocycles. The van der Waals surface area contributed by atoms with Crippen molar-refractivity contribution in [1.29, 1.82) is 0 Å². The molecule has 0 aliphatic carbocycles. The van der Waals surface area contributed by atoms with Gasteiger partial charge in [-0.2, -0.15) is 0 Å². The number of guanidine groups is 1. The summed E-state index contributed by atoms with van der Waals surface area (Å²) in [5.74, 6) is 1.57. The summed E-state index contributed by atoms with van der Waals surface area (Å²) in [5.41, 5.74) is 0. The van der Waals surface area contributed by atoms with Crippen LogP contribution in [0.4, 0.5) is 0 Å². The van der Waals surface area contributed by atoms with E-state index < -0.39 is 0 Å². The third-order valence-corrected chi connectivity index (χ3v) is 3.17. The molecule has 17 heavy (non-hydrogen) atoms. The van der Waals surface area contributed by atoms with Crippen molar-refractivity contribution in [1.82, 2.24) is 10.6 Å². The molecule has 0 aromatic carbocycles. The molecule has 0 spiro atoms. The first-order valence-corrected chi connectivity index (χ1v) is 6.36. The summed E-state index contributed by atoms with van der Waals surface area (Å²) in [6, 6.07) is -0.121. The van der Waals surface area contributed by atoms with Crippen LogP contribution in [0.1, 0.15) is 26.7 Å². The van der Waals surface area contributed by atoms with Crippen molar-refractivity contribution in [3.05, 3.63) is 0 Å². The van der Waals surface area contributed by atoms with Crippen LogP contribution in [0.5, 0.6) is 0 Å². The van der Waals surface area contributed by atoms with Crippen LogP contribution >= 0.6 is 0 Å². The summed E-state index contributed by atoms with van der Waals surface area (Å²) in [6.45, 7) is 6.47. The lowest BCUT2D eigenvalue weighted by Gasteiger charge is -2.25. The van der Waals surface area contributed by atoms with Crippen LogP contribution in [0.2, 0.25) is 0 Å². The quantitative estimate of drug-likeness (QED) is 0.754. The lowest BCUT2D eigenvalue weighted by Crippen LogP contribution is -2.39. The van der Waals surface area contributed by atoms with Gasteiger partial charge in [0.25, 0.3) is 0 Å². The Balaban J connectivity index is 1.92. The van der Waals surface area contributed by atoms with Crippen molar-refractivity contribution in [2.24, 2.45) is 16.8 Å². The average Bonchev–Trinajstić information content (AvgIpc) is 2.69.